The molecule has 0 radical (unpaired) electrons. The first-order chi connectivity index (χ1) is 17.5. The van der Waals surface area contributed by atoms with Crippen LogP contribution in [0.1, 0.15) is 41.9 Å². The third kappa shape index (κ3) is 6.82. The Hall–Kier alpha value is -3.09. The number of hydrogen-bond acceptors (Lipinski definition) is 6. The Bertz CT molecular complexity index is 1500. The highest BCUT2D eigenvalue weighted by molar-refractivity contribution is 7.88. The van der Waals surface area contributed by atoms with Crippen molar-refractivity contribution in [2.45, 2.75) is 38.3 Å². The van der Waals surface area contributed by atoms with Crippen molar-refractivity contribution in [2.24, 2.45) is 5.92 Å². The van der Waals surface area contributed by atoms with Crippen LogP contribution in [0.4, 0.5) is 8.78 Å². The molecule has 1 saturated carbocycles. The number of amides is 1. The number of benzene rings is 2. The first-order valence-electron chi connectivity index (χ1n) is 11.5. The van der Waals surface area contributed by atoms with E-state index in [1.54, 1.807) is 0 Å². The summed E-state index contributed by atoms with van der Waals surface area (Å²) in [6.07, 6.45) is 3.84. The Kier molecular flexibility index (Phi) is 8.10. The van der Waals surface area contributed by atoms with Crippen LogP contribution in [0.5, 0.6) is 5.75 Å². The number of hydrogen-bond donors (Lipinski definition) is 3. The second kappa shape index (κ2) is 11.1. The molecule has 4 rings (SSSR count). The minimum Gasteiger partial charge on any atom is -0.490 e. The fourth-order valence-corrected chi connectivity index (χ4v) is 5.44. The summed E-state index contributed by atoms with van der Waals surface area (Å²) in [5.74, 6) is -2.36. The third-order valence-corrected chi connectivity index (χ3v) is 7.18. The van der Waals surface area contributed by atoms with E-state index < -0.39 is 33.1 Å². The minimum atomic E-state index is -3.28. The molecule has 1 aliphatic carbocycles. The van der Waals surface area contributed by atoms with E-state index >= 15 is 0 Å². The highest BCUT2D eigenvalue weighted by Crippen LogP contribution is 2.30. The maximum absolute atomic E-state index is 14.6. The van der Waals surface area contributed by atoms with Crippen LogP contribution in [0.25, 0.3) is 10.9 Å². The number of carbonyl (C=O) groups is 1. The summed E-state index contributed by atoms with van der Waals surface area (Å²) in [7, 11) is -3.28. The van der Waals surface area contributed by atoms with Crippen molar-refractivity contribution >= 4 is 38.4 Å². The van der Waals surface area contributed by atoms with E-state index in [4.69, 9.17) is 16.3 Å². The molecule has 0 saturated heterocycles. The number of halogens is 3. The average molecular weight is 555 g/mol. The van der Waals surface area contributed by atoms with E-state index in [9.17, 15) is 26.8 Å². The van der Waals surface area contributed by atoms with Crippen molar-refractivity contribution < 1.29 is 26.7 Å². The molecular weight excluding hydrogens is 530 g/mol. The van der Waals surface area contributed by atoms with E-state index in [0.717, 1.165) is 18.7 Å². The molecule has 1 aliphatic rings. The van der Waals surface area contributed by atoms with E-state index in [1.165, 1.54) is 24.3 Å². The predicted molar refractivity (Wildman–Crippen MR) is 134 cm³/mol. The average Bonchev–Trinajstić information content (AvgIpc) is 3.26. The van der Waals surface area contributed by atoms with Gasteiger partial charge in [0.1, 0.15) is 11.2 Å². The molecule has 3 N–H and O–H groups in total. The highest BCUT2D eigenvalue weighted by atomic mass is 35.5. The molecule has 13 heteroatoms. The number of nitrogens with zero attached hydrogens (tertiary/aromatic N) is 1. The first-order valence-corrected chi connectivity index (χ1v) is 13.8. The van der Waals surface area contributed by atoms with E-state index in [0.29, 0.717) is 24.8 Å². The monoisotopic (exact) mass is 554 g/mol. The van der Waals surface area contributed by atoms with Gasteiger partial charge in [0, 0.05) is 12.6 Å². The first kappa shape index (κ1) is 27.0. The Labute approximate surface area is 216 Å². The standard InChI is InChI=1S/C24H25ClF2N4O5S/c1-37(34,35)31-15-4-2-13(10-15)8-9-36-21-18(27)6-7-19-20(21)23(32)30-22(29-19)24(33)28-12-14-3-5-17(26)16(25)11-14/h3,5-7,11,13,15,31H,2,4,8-10,12H2,1H3,(H,28,33)(H,29,30,32). The largest absolute Gasteiger partial charge is 0.490 e. The van der Waals surface area contributed by atoms with Crippen molar-refractivity contribution in [1.29, 1.82) is 0 Å². The van der Waals surface area contributed by atoms with Crippen LogP contribution >= 0.6 is 11.6 Å². The lowest BCUT2D eigenvalue weighted by molar-refractivity contribution is 0.0940. The SMILES string of the molecule is CS(=O)(=O)NC1CCC(CCOc2c(F)ccc3nc(C(=O)NCc4ccc(F)c(Cl)c4)[nH]c(=O)c23)C1. The summed E-state index contributed by atoms with van der Waals surface area (Å²) in [6, 6.07) is 6.25. The topological polar surface area (TPSA) is 130 Å². The Morgan fingerprint density at radius 1 is 1.22 bits per heavy atom. The molecule has 9 nitrogen and oxygen atoms in total. The quantitative estimate of drug-likeness (QED) is 0.372. The summed E-state index contributed by atoms with van der Waals surface area (Å²) in [5, 5.41) is 2.36. The van der Waals surface area contributed by atoms with Gasteiger partial charge in [0.2, 0.25) is 10.0 Å². The number of aromatic nitrogens is 2. The summed E-state index contributed by atoms with van der Waals surface area (Å²) < 4.78 is 59.0. The third-order valence-electron chi connectivity index (χ3n) is 6.13. The lowest BCUT2D eigenvalue weighted by atomic mass is 10.0. The number of rotatable bonds is 9. The molecule has 0 spiro atoms. The Morgan fingerprint density at radius 3 is 2.70 bits per heavy atom. The van der Waals surface area contributed by atoms with Crippen molar-refractivity contribution in [3.05, 3.63) is 68.7 Å². The summed E-state index contributed by atoms with van der Waals surface area (Å²) in [6.45, 7) is 0.133. The fourth-order valence-electron chi connectivity index (χ4n) is 4.42. The maximum Gasteiger partial charge on any atom is 0.287 e. The van der Waals surface area contributed by atoms with Crippen molar-refractivity contribution in [3.63, 3.8) is 0 Å². The molecule has 3 aromatic rings. The number of H-pyrrole nitrogens is 1. The van der Waals surface area contributed by atoms with Crippen LogP contribution in [0.2, 0.25) is 5.02 Å². The van der Waals surface area contributed by atoms with Gasteiger partial charge < -0.3 is 15.0 Å². The van der Waals surface area contributed by atoms with Crippen LogP contribution < -0.4 is 20.3 Å². The van der Waals surface area contributed by atoms with Crippen LogP contribution in [0, 0.1) is 17.6 Å². The number of sulfonamides is 1. The number of carbonyl (C=O) groups excluding carboxylic acids is 1. The second-order valence-corrected chi connectivity index (χ2v) is 11.2. The molecule has 2 atom stereocenters. The van der Waals surface area contributed by atoms with Gasteiger partial charge in [-0.05, 0) is 61.4 Å². The summed E-state index contributed by atoms with van der Waals surface area (Å²) in [5.41, 5.74) is -0.123. The predicted octanol–water partition coefficient (Wildman–Crippen LogP) is 3.27. The molecule has 37 heavy (non-hydrogen) atoms. The van der Waals surface area contributed by atoms with Crippen molar-refractivity contribution in [3.8, 4) is 5.75 Å². The van der Waals surface area contributed by atoms with Gasteiger partial charge >= 0.3 is 0 Å². The van der Waals surface area contributed by atoms with Crippen LogP contribution in [0.3, 0.4) is 0 Å². The van der Waals surface area contributed by atoms with Gasteiger partial charge in [-0.3, -0.25) is 9.59 Å². The Morgan fingerprint density at radius 2 is 1.97 bits per heavy atom. The molecular formula is C24H25ClF2N4O5S. The van der Waals surface area contributed by atoms with E-state index in [-0.39, 0.29) is 52.6 Å². The lowest BCUT2D eigenvalue weighted by Crippen LogP contribution is -2.31. The molecule has 1 fully saturated rings. The highest BCUT2D eigenvalue weighted by Gasteiger charge is 2.27. The number of ether oxygens (including phenoxy) is 1. The van der Waals surface area contributed by atoms with Gasteiger partial charge in [-0.15, -0.1) is 0 Å². The van der Waals surface area contributed by atoms with Gasteiger partial charge in [0.15, 0.2) is 17.4 Å². The zero-order chi connectivity index (χ0) is 26.7. The van der Waals surface area contributed by atoms with Gasteiger partial charge in [0.25, 0.3) is 11.5 Å². The van der Waals surface area contributed by atoms with E-state index in [2.05, 4.69) is 20.0 Å². The molecule has 1 aromatic heterocycles. The summed E-state index contributed by atoms with van der Waals surface area (Å²) >= 11 is 5.75. The normalized spacial score (nSPS) is 17.7. The van der Waals surface area contributed by atoms with Crippen LogP contribution in [-0.4, -0.2) is 43.2 Å². The molecule has 0 aliphatic heterocycles. The van der Waals surface area contributed by atoms with Gasteiger partial charge in [-0.1, -0.05) is 17.7 Å². The zero-order valence-electron chi connectivity index (χ0n) is 19.8. The molecule has 2 aromatic carbocycles. The smallest absolute Gasteiger partial charge is 0.287 e. The van der Waals surface area contributed by atoms with E-state index in [1.807, 2.05) is 0 Å². The Balaban J connectivity index is 1.43. The zero-order valence-corrected chi connectivity index (χ0v) is 21.4. The van der Waals surface area contributed by atoms with Gasteiger partial charge in [-0.25, -0.2) is 26.9 Å². The van der Waals surface area contributed by atoms with Crippen molar-refractivity contribution in [2.75, 3.05) is 12.9 Å². The molecule has 0 bridgehead atoms. The number of fused-ring (bicyclic) bond motifs is 1. The van der Waals surface area contributed by atoms with Crippen LogP contribution in [-0.2, 0) is 16.6 Å². The molecule has 1 heterocycles. The van der Waals surface area contributed by atoms with Crippen LogP contribution in [0.15, 0.2) is 35.1 Å². The summed E-state index contributed by atoms with van der Waals surface area (Å²) in [4.78, 5) is 31.8. The molecule has 2 unspecified atom stereocenters. The molecule has 198 valence electrons. The maximum atomic E-state index is 14.6. The van der Waals surface area contributed by atoms with Crippen molar-refractivity contribution in [1.82, 2.24) is 20.0 Å². The minimum absolute atomic E-state index is 0.0140. The fraction of sp³-hybridized carbons (Fsp3) is 0.375. The molecule has 1 amide bonds. The lowest BCUT2D eigenvalue weighted by Gasteiger charge is -2.14. The van der Waals surface area contributed by atoms with Gasteiger partial charge in [-0.2, -0.15) is 0 Å². The number of nitrogens with one attached hydrogen (secondary N) is 3. The van der Waals surface area contributed by atoms with Gasteiger partial charge in [0.05, 0.1) is 23.4 Å². The second-order valence-electron chi connectivity index (χ2n) is 9.02. The number of aromatic amines is 1.